The zero-order valence-electron chi connectivity index (χ0n) is 21.4. The molecule has 2 rings (SSSR count). The fourth-order valence-corrected chi connectivity index (χ4v) is 3.80. The summed E-state index contributed by atoms with van der Waals surface area (Å²) < 4.78 is 10.6. The molecule has 0 saturated carbocycles. The van der Waals surface area contributed by atoms with Gasteiger partial charge in [-0.25, -0.2) is 9.59 Å². The summed E-state index contributed by atoms with van der Waals surface area (Å²) in [5.74, 6) is -1.86. The van der Waals surface area contributed by atoms with Gasteiger partial charge in [0, 0.05) is 0 Å². The Morgan fingerprint density at radius 3 is 1.94 bits per heavy atom. The number of aryl methyl sites for hydroxylation is 2. The molecule has 0 radical (unpaired) electrons. The number of hydrogen-bond donors (Lipinski definition) is 2. The van der Waals surface area contributed by atoms with E-state index in [2.05, 4.69) is 51.3 Å². The van der Waals surface area contributed by atoms with E-state index in [1.54, 1.807) is 0 Å². The molecule has 0 fully saturated rings. The topological polar surface area (TPSA) is 93.1 Å². The van der Waals surface area contributed by atoms with Crippen molar-refractivity contribution < 1.29 is 29.3 Å². The van der Waals surface area contributed by atoms with Crippen molar-refractivity contribution in [2.24, 2.45) is 0 Å². The lowest BCUT2D eigenvalue weighted by Crippen LogP contribution is -2.21. The van der Waals surface area contributed by atoms with Crippen LogP contribution < -0.4 is 0 Å². The van der Waals surface area contributed by atoms with Crippen LogP contribution in [0.5, 0.6) is 0 Å². The average molecular weight is 495 g/mol. The third kappa shape index (κ3) is 8.47. The van der Waals surface area contributed by atoms with Crippen molar-refractivity contribution in [1.82, 2.24) is 0 Å². The highest BCUT2D eigenvalue weighted by atomic mass is 16.5. The van der Waals surface area contributed by atoms with E-state index in [0.717, 1.165) is 35.1 Å². The normalized spacial score (nSPS) is 10.8. The predicted molar refractivity (Wildman–Crippen MR) is 142 cm³/mol. The summed E-state index contributed by atoms with van der Waals surface area (Å²) in [5, 5.41) is 18.3. The molecule has 2 aromatic rings. The van der Waals surface area contributed by atoms with E-state index in [1.165, 1.54) is 24.8 Å². The number of carbonyl (C=O) groups excluding carboxylic acids is 2. The largest absolute Gasteiger partial charge is 0.461 e. The minimum absolute atomic E-state index is 0.0536. The first kappa shape index (κ1) is 29.0. The average Bonchev–Trinajstić information content (AvgIpc) is 2.91. The van der Waals surface area contributed by atoms with Crippen molar-refractivity contribution in [2.45, 2.75) is 51.9 Å². The molecule has 194 valence electrons. The van der Waals surface area contributed by atoms with Crippen molar-refractivity contribution in [2.75, 3.05) is 26.4 Å². The molecule has 2 aromatic carbocycles. The lowest BCUT2D eigenvalue weighted by atomic mass is 9.91. The van der Waals surface area contributed by atoms with Crippen LogP contribution in [0.15, 0.2) is 66.8 Å². The number of unbranched alkanes of at least 4 members (excludes halogenated alkanes) is 2. The van der Waals surface area contributed by atoms with E-state index in [0.29, 0.717) is 0 Å². The summed E-state index contributed by atoms with van der Waals surface area (Å²) in [6.07, 6.45) is 5.50. The summed E-state index contributed by atoms with van der Waals surface area (Å²) in [5.41, 5.74) is 5.44. The maximum absolute atomic E-state index is 12.0. The van der Waals surface area contributed by atoms with Crippen LogP contribution in [0.2, 0.25) is 0 Å². The van der Waals surface area contributed by atoms with Gasteiger partial charge in [0.15, 0.2) is 0 Å². The van der Waals surface area contributed by atoms with Crippen LogP contribution in [-0.2, 0) is 31.9 Å². The summed E-state index contributed by atoms with van der Waals surface area (Å²) in [6.45, 7) is 10.1. The van der Waals surface area contributed by atoms with Gasteiger partial charge in [-0.15, -0.1) is 0 Å². The van der Waals surface area contributed by atoms with Gasteiger partial charge in [0.2, 0.25) is 0 Å². The number of aliphatic hydroxyl groups is 2. The molecule has 0 heterocycles. The second kappa shape index (κ2) is 15.0. The molecular formula is C30H38O6. The highest BCUT2D eigenvalue weighted by molar-refractivity contribution is 5.88. The quantitative estimate of drug-likeness (QED) is 0.208. The summed E-state index contributed by atoms with van der Waals surface area (Å²) >= 11 is 0. The first-order valence-corrected chi connectivity index (χ1v) is 12.5. The number of hydrogen-bond acceptors (Lipinski definition) is 6. The van der Waals surface area contributed by atoms with E-state index < -0.39 is 31.1 Å². The second-order valence-electron chi connectivity index (χ2n) is 8.84. The molecule has 0 aliphatic rings. The smallest absolute Gasteiger partial charge is 0.335 e. The SMILES string of the molecule is C=C(CO)C(=O)OCC(COC(=O)C(=C)CO)c1ccc(-c2ccc(CCCCC)cc2)c(CC)c1. The molecule has 0 aromatic heterocycles. The second-order valence-corrected chi connectivity index (χ2v) is 8.84. The van der Waals surface area contributed by atoms with Crippen LogP contribution >= 0.6 is 0 Å². The molecule has 6 nitrogen and oxygen atoms in total. The molecule has 0 aliphatic carbocycles. The van der Waals surface area contributed by atoms with Crippen LogP contribution in [0.1, 0.15) is 55.7 Å². The van der Waals surface area contributed by atoms with Crippen molar-refractivity contribution in [1.29, 1.82) is 0 Å². The Hall–Kier alpha value is -3.22. The van der Waals surface area contributed by atoms with Crippen LogP contribution in [-0.4, -0.2) is 48.6 Å². The summed E-state index contributed by atoms with van der Waals surface area (Å²) in [6, 6.07) is 14.7. The van der Waals surface area contributed by atoms with Crippen LogP contribution in [0.3, 0.4) is 0 Å². The molecule has 6 heteroatoms. The van der Waals surface area contributed by atoms with Crippen molar-refractivity contribution >= 4 is 11.9 Å². The Labute approximate surface area is 214 Å². The zero-order valence-corrected chi connectivity index (χ0v) is 21.4. The van der Waals surface area contributed by atoms with Gasteiger partial charge in [-0.3, -0.25) is 0 Å². The fourth-order valence-electron chi connectivity index (χ4n) is 3.80. The number of ether oxygens (including phenoxy) is 2. The molecule has 0 aliphatic heterocycles. The van der Waals surface area contributed by atoms with Crippen molar-refractivity contribution in [3.05, 3.63) is 83.5 Å². The van der Waals surface area contributed by atoms with Crippen LogP contribution in [0, 0.1) is 0 Å². The number of aliphatic hydroxyl groups excluding tert-OH is 2. The fraction of sp³-hybridized carbons (Fsp3) is 0.400. The number of rotatable bonds is 15. The molecule has 0 unspecified atom stereocenters. The Morgan fingerprint density at radius 2 is 1.44 bits per heavy atom. The van der Waals surface area contributed by atoms with E-state index >= 15 is 0 Å². The van der Waals surface area contributed by atoms with Gasteiger partial charge >= 0.3 is 11.9 Å². The van der Waals surface area contributed by atoms with Crippen LogP contribution in [0.4, 0.5) is 0 Å². The summed E-state index contributed by atoms with van der Waals surface area (Å²) in [4.78, 5) is 24.1. The third-order valence-corrected chi connectivity index (χ3v) is 6.11. The van der Waals surface area contributed by atoms with E-state index in [4.69, 9.17) is 19.7 Å². The first-order valence-electron chi connectivity index (χ1n) is 12.5. The highest BCUT2D eigenvalue weighted by Gasteiger charge is 2.20. The van der Waals surface area contributed by atoms with Crippen LogP contribution in [0.25, 0.3) is 11.1 Å². The Balaban J connectivity index is 2.26. The monoisotopic (exact) mass is 494 g/mol. The first-order chi connectivity index (χ1) is 17.3. The van der Waals surface area contributed by atoms with Gasteiger partial charge in [0.1, 0.15) is 13.2 Å². The highest BCUT2D eigenvalue weighted by Crippen LogP contribution is 2.29. The van der Waals surface area contributed by atoms with E-state index in [9.17, 15) is 9.59 Å². The lowest BCUT2D eigenvalue weighted by molar-refractivity contribution is -0.142. The molecule has 36 heavy (non-hydrogen) atoms. The molecule has 0 atom stereocenters. The van der Waals surface area contributed by atoms with Gasteiger partial charge in [-0.2, -0.15) is 0 Å². The minimum atomic E-state index is -0.708. The predicted octanol–water partition coefficient (Wildman–Crippen LogP) is 4.92. The summed E-state index contributed by atoms with van der Waals surface area (Å²) in [7, 11) is 0. The van der Waals surface area contributed by atoms with Gasteiger partial charge < -0.3 is 19.7 Å². The molecule has 0 saturated heterocycles. The Bertz CT molecular complexity index is 1010. The maximum Gasteiger partial charge on any atom is 0.335 e. The van der Waals surface area contributed by atoms with Crippen molar-refractivity contribution in [3.63, 3.8) is 0 Å². The number of carbonyl (C=O) groups is 2. The van der Waals surface area contributed by atoms with Gasteiger partial charge in [0.05, 0.1) is 30.3 Å². The number of benzene rings is 2. The minimum Gasteiger partial charge on any atom is -0.461 e. The lowest BCUT2D eigenvalue weighted by Gasteiger charge is -2.20. The third-order valence-electron chi connectivity index (χ3n) is 6.11. The Kier molecular flexibility index (Phi) is 12.1. The molecule has 0 bridgehead atoms. The van der Waals surface area contributed by atoms with E-state index in [-0.39, 0.29) is 24.4 Å². The zero-order chi connectivity index (χ0) is 26.5. The van der Waals surface area contributed by atoms with Gasteiger partial charge in [-0.1, -0.05) is 82.3 Å². The Morgan fingerprint density at radius 1 is 0.861 bits per heavy atom. The molecule has 0 amide bonds. The standard InChI is InChI=1S/C30H38O6/c1-5-7-8-9-23-10-12-25(13-11-23)28-15-14-26(16-24(28)6-2)27(19-35-29(33)21(3)17-31)20-36-30(34)22(4)18-32/h10-16,27,31-32H,3-9,17-20H2,1-2H3. The van der Waals surface area contributed by atoms with Crippen molar-refractivity contribution in [3.8, 4) is 11.1 Å². The van der Waals surface area contributed by atoms with Gasteiger partial charge in [-0.05, 0) is 47.1 Å². The number of esters is 2. The maximum atomic E-state index is 12.0. The molecular weight excluding hydrogens is 456 g/mol. The van der Waals surface area contributed by atoms with E-state index in [1.807, 2.05) is 18.2 Å². The van der Waals surface area contributed by atoms with Gasteiger partial charge in [0.25, 0.3) is 0 Å². The molecule has 0 spiro atoms. The molecule has 2 N–H and O–H groups in total.